The highest BCUT2D eigenvalue weighted by atomic mass is 32.1. The van der Waals surface area contributed by atoms with E-state index in [0.29, 0.717) is 0 Å². The van der Waals surface area contributed by atoms with Gasteiger partial charge in [0.2, 0.25) is 0 Å². The minimum Gasteiger partial charge on any atom is -0.371 e. The molecule has 1 unspecified atom stereocenters. The lowest BCUT2D eigenvalue weighted by atomic mass is 10.1. The van der Waals surface area contributed by atoms with E-state index in [1.165, 1.54) is 10.4 Å². The quantitative estimate of drug-likeness (QED) is 0.848. The van der Waals surface area contributed by atoms with Crippen molar-refractivity contribution in [2.75, 3.05) is 19.7 Å². The molecule has 1 aliphatic rings. The van der Waals surface area contributed by atoms with Crippen LogP contribution in [0.3, 0.4) is 0 Å². The molecule has 0 spiro atoms. The summed E-state index contributed by atoms with van der Waals surface area (Å²) < 4.78 is 5.86. The number of hydrogen-bond donors (Lipinski definition) is 0. The van der Waals surface area contributed by atoms with Gasteiger partial charge >= 0.3 is 0 Å². The van der Waals surface area contributed by atoms with Crippen molar-refractivity contribution in [2.45, 2.75) is 12.6 Å². The first-order valence-electron chi connectivity index (χ1n) is 6.18. The van der Waals surface area contributed by atoms with Gasteiger partial charge in [0, 0.05) is 30.7 Å². The first-order chi connectivity index (χ1) is 8.92. The van der Waals surface area contributed by atoms with Crippen LogP contribution in [0.5, 0.6) is 0 Å². The highest BCUT2D eigenvalue weighted by Crippen LogP contribution is 2.23. The van der Waals surface area contributed by atoms with Crippen molar-refractivity contribution in [3.05, 3.63) is 52.5 Å². The molecule has 3 rings (SSSR count). The Kier molecular flexibility index (Phi) is 3.69. The molecule has 1 aromatic heterocycles. The predicted octanol–water partition coefficient (Wildman–Crippen LogP) is 2.72. The second-order valence-corrected chi connectivity index (χ2v) is 5.44. The minimum atomic E-state index is 0.202. The van der Waals surface area contributed by atoms with Crippen LogP contribution in [-0.2, 0) is 11.3 Å². The number of benzene rings is 1. The molecule has 18 heavy (non-hydrogen) atoms. The lowest BCUT2D eigenvalue weighted by Gasteiger charge is -2.32. The first-order valence-corrected chi connectivity index (χ1v) is 7.06. The number of morpholine rings is 1. The van der Waals surface area contributed by atoms with Crippen molar-refractivity contribution in [3.8, 4) is 0 Å². The normalized spacial score (nSPS) is 21.0. The number of hydrogen-bond acceptors (Lipinski definition) is 4. The Morgan fingerprint density at radius 1 is 1.33 bits per heavy atom. The molecule has 4 heteroatoms. The molecule has 1 fully saturated rings. The lowest BCUT2D eigenvalue weighted by Crippen LogP contribution is -2.37. The maximum absolute atomic E-state index is 5.86. The van der Waals surface area contributed by atoms with Gasteiger partial charge in [0.25, 0.3) is 0 Å². The Balaban J connectivity index is 1.65. The van der Waals surface area contributed by atoms with Gasteiger partial charge in [-0.2, -0.15) is 0 Å². The van der Waals surface area contributed by atoms with Gasteiger partial charge in [-0.15, -0.1) is 11.3 Å². The molecule has 0 bridgehead atoms. The zero-order chi connectivity index (χ0) is 12.2. The van der Waals surface area contributed by atoms with Crippen molar-refractivity contribution in [3.63, 3.8) is 0 Å². The third-order valence-corrected chi connectivity index (χ3v) is 3.95. The van der Waals surface area contributed by atoms with E-state index in [2.05, 4.69) is 34.1 Å². The molecule has 2 heterocycles. The molecule has 0 N–H and O–H groups in total. The fourth-order valence-electron chi connectivity index (χ4n) is 2.26. The van der Waals surface area contributed by atoms with Gasteiger partial charge in [-0.1, -0.05) is 30.3 Å². The summed E-state index contributed by atoms with van der Waals surface area (Å²) in [6, 6.07) is 10.5. The molecule has 1 aliphatic heterocycles. The summed E-state index contributed by atoms with van der Waals surface area (Å²) >= 11 is 1.72. The van der Waals surface area contributed by atoms with Crippen molar-refractivity contribution in [1.82, 2.24) is 9.88 Å². The molecule has 1 aromatic carbocycles. The molecule has 2 aromatic rings. The molecule has 0 aliphatic carbocycles. The maximum Gasteiger partial charge on any atom is 0.0952 e. The van der Waals surface area contributed by atoms with Crippen LogP contribution >= 0.6 is 11.3 Å². The van der Waals surface area contributed by atoms with Gasteiger partial charge in [0.1, 0.15) is 0 Å². The Labute approximate surface area is 111 Å². The highest BCUT2D eigenvalue weighted by Gasteiger charge is 2.21. The second-order valence-electron chi connectivity index (χ2n) is 4.47. The summed E-state index contributed by atoms with van der Waals surface area (Å²) in [6.07, 6.45) is 2.16. The monoisotopic (exact) mass is 260 g/mol. The zero-order valence-corrected chi connectivity index (χ0v) is 11.0. The van der Waals surface area contributed by atoms with Crippen molar-refractivity contribution >= 4 is 11.3 Å². The van der Waals surface area contributed by atoms with Crippen LogP contribution in [-0.4, -0.2) is 29.6 Å². The summed E-state index contributed by atoms with van der Waals surface area (Å²) in [5.41, 5.74) is 3.16. The maximum atomic E-state index is 5.86. The van der Waals surface area contributed by atoms with Crippen LogP contribution in [0.25, 0.3) is 0 Å². The van der Waals surface area contributed by atoms with Gasteiger partial charge in [0.05, 0.1) is 18.2 Å². The molecule has 1 saturated heterocycles. The fraction of sp³-hybridized carbons (Fsp3) is 0.357. The van der Waals surface area contributed by atoms with E-state index in [9.17, 15) is 0 Å². The molecule has 1 atom stereocenters. The average molecular weight is 260 g/mol. The van der Waals surface area contributed by atoms with Crippen LogP contribution in [0.15, 0.2) is 42.0 Å². The molecule has 3 nitrogen and oxygen atoms in total. The van der Waals surface area contributed by atoms with E-state index in [0.717, 1.165) is 26.2 Å². The zero-order valence-electron chi connectivity index (χ0n) is 10.2. The third-order valence-electron chi connectivity index (χ3n) is 3.18. The Morgan fingerprint density at radius 3 is 3.00 bits per heavy atom. The van der Waals surface area contributed by atoms with Crippen molar-refractivity contribution < 1.29 is 4.74 Å². The summed E-state index contributed by atoms with van der Waals surface area (Å²) in [5.74, 6) is 0. The fourth-order valence-corrected chi connectivity index (χ4v) is 2.89. The third kappa shape index (κ3) is 2.77. The van der Waals surface area contributed by atoms with Crippen LogP contribution < -0.4 is 0 Å². The van der Waals surface area contributed by atoms with E-state index >= 15 is 0 Å². The summed E-state index contributed by atoms with van der Waals surface area (Å²) in [4.78, 5) is 7.89. The molecule has 0 amide bonds. The van der Waals surface area contributed by atoms with E-state index in [1.54, 1.807) is 11.3 Å². The van der Waals surface area contributed by atoms with Gasteiger partial charge in [0.15, 0.2) is 0 Å². The van der Waals surface area contributed by atoms with Gasteiger partial charge in [-0.25, -0.2) is 0 Å². The van der Waals surface area contributed by atoms with E-state index in [-0.39, 0.29) is 6.10 Å². The van der Waals surface area contributed by atoms with Gasteiger partial charge in [-0.05, 0) is 5.56 Å². The predicted molar refractivity (Wildman–Crippen MR) is 72.5 cm³/mol. The van der Waals surface area contributed by atoms with Crippen molar-refractivity contribution in [1.29, 1.82) is 0 Å². The van der Waals surface area contributed by atoms with E-state index < -0.39 is 0 Å². The highest BCUT2D eigenvalue weighted by molar-refractivity contribution is 7.09. The van der Waals surface area contributed by atoms with Gasteiger partial charge in [-0.3, -0.25) is 9.88 Å². The smallest absolute Gasteiger partial charge is 0.0952 e. The van der Waals surface area contributed by atoms with Crippen LogP contribution in [0.4, 0.5) is 0 Å². The van der Waals surface area contributed by atoms with E-state index in [1.807, 2.05) is 17.8 Å². The number of aromatic nitrogens is 1. The molecular weight excluding hydrogens is 244 g/mol. The summed E-state index contributed by atoms with van der Waals surface area (Å²) in [5, 5.41) is 0. The van der Waals surface area contributed by atoms with Crippen LogP contribution in [0, 0.1) is 0 Å². The van der Waals surface area contributed by atoms with E-state index in [4.69, 9.17) is 4.74 Å². The van der Waals surface area contributed by atoms with Gasteiger partial charge < -0.3 is 4.74 Å². The largest absolute Gasteiger partial charge is 0.371 e. The average Bonchev–Trinajstić information content (AvgIpc) is 2.93. The number of nitrogens with zero attached hydrogens (tertiary/aromatic N) is 2. The molecule has 0 radical (unpaired) electrons. The number of thiazole rings is 1. The number of ether oxygens (including phenoxy) is 1. The van der Waals surface area contributed by atoms with Crippen molar-refractivity contribution in [2.24, 2.45) is 0 Å². The number of rotatable bonds is 3. The molecule has 94 valence electrons. The molecular formula is C14H16N2OS. The van der Waals surface area contributed by atoms with Crippen LogP contribution in [0.1, 0.15) is 16.5 Å². The lowest BCUT2D eigenvalue weighted by molar-refractivity contribution is -0.0326. The van der Waals surface area contributed by atoms with Crippen LogP contribution in [0.2, 0.25) is 0 Å². The Morgan fingerprint density at radius 2 is 2.22 bits per heavy atom. The topological polar surface area (TPSA) is 25.4 Å². The Bertz CT molecular complexity index is 472. The Hall–Kier alpha value is -1.23. The standard InChI is InChI=1S/C14H16N2OS/c1-2-4-12(5-3-1)14-10-16(6-7-17-14)9-13-8-15-11-18-13/h1-5,8,11,14H,6-7,9-10H2. The summed E-state index contributed by atoms with van der Waals surface area (Å²) in [6.45, 7) is 3.75. The summed E-state index contributed by atoms with van der Waals surface area (Å²) in [7, 11) is 0. The first kappa shape index (κ1) is 11.8. The molecule has 0 saturated carbocycles. The SMILES string of the molecule is c1ccc(C2CN(Cc3cncs3)CCO2)cc1. The second kappa shape index (κ2) is 5.61. The minimum absolute atomic E-state index is 0.202.